The first-order valence-corrected chi connectivity index (χ1v) is 8.97. The second-order valence-corrected chi connectivity index (χ2v) is 7.14. The number of hydrogen-bond donors (Lipinski definition) is 1. The Morgan fingerprint density at radius 1 is 1.23 bits per heavy atom. The van der Waals surface area contributed by atoms with Crippen LogP contribution < -0.4 is 9.62 Å². The Labute approximate surface area is 132 Å². The Bertz CT molecular complexity index is 618. The molecule has 1 aromatic rings. The molecule has 0 aliphatic rings. The number of rotatable bonds is 6. The largest absolute Gasteiger partial charge is 0.450 e. The number of amides is 1. The Kier molecular flexibility index (Phi) is 6.22. The third-order valence-corrected chi connectivity index (χ3v) is 4.31. The summed E-state index contributed by atoms with van der Waals surface area (Å²) in [7, 11) is -3.44. The number of alkyl carbamates (subject to hydrolysis) is 1. The average molecular weight is 328 g/mol. The van der Waals surface area contributed by atoms with E-state index in [1.54, 1.807) is 6.92 Å². The van der Waals surface area contributed by atoms with Crippen molar-refractivity contribution >= 4 is 21.8 Å². The van der Waals surface area contributed by atoms with Crippen molar-refractivity contribution in [1.29, 1.82) is 0 Å². The van der Waals surface area contributed by atoms with Gasteiger partial charge in [-0.2, -0.15) is 0 Å². The summed E-state index contributed by atoms with van der Waals surface area (Å²) in [6, 6.07) is 3.89. The highest BCUT2D eigenvalue weighted by Crippen LogP contribution is 2.27. The van der Waals surface area contributed by atoms with Crippen LogP contribution in [0.4, 0.5) is 10.5 Å². The minimum Gasteiger partial charge on any atom is -0.450 e. The molecule has 124 valence electrons. The van der Waals surface area contributed by atoms with Crippen molar-refractivity contribution in [2.75, 3.05) is 30.3 Å². The van der Waals surface area contributed by atoms with Gasteiger partial charge in [0.2, 0.25) is 10.0 Å². The van der Waals surface area contributed by atoms with Crippen LogP contribution in [0.25, 0.3) is 0 Å². The molecule has 1 aromatic carbocycles. The molecule has 1 N–H and O–H groups in total. The average Bonchev–Trinajstić information content (AvgIpc) is 2.34. The number of aryl methyl sites for hydroxylation is 3. The number of nitrogens with one attached hydrogen (secondary N) is 1. The molecule has 0 unspecified atom stereocenters. The van der Waals surface area contributed by atoms with Gasteiger partial charge in [0.25, 0.3) is 0 Å². The molecule has 6 nitrogen and oxygen atoms in total. The summed E-state index contributed by atoms with van der Waals surface area (Å²) in [4.78, 5) is 11.3. The van der Waals surface area contributed by atoms with E-state index in [4.69, 9.17) is 4.74 Å². The van der Waals surface area contributed by atoms with Gasteiger partial charge in [0.1, 0.15) is 0 Å². The van der Waals surface area contributed by atoms with Crippen molar-refractivity contribution in [2.45, 2.75) is 27.7 Å². The van der Waals surface area contributed by atoms with E-state index in [0.29, 0.717) is 5.69 Å². The third-order valence-electron chi connectivity index (χ3n) is 3.14. The van der Waals surface area contributed by atoms with Crippen molar-refractivity contribution in [3.63, 3.8) is 0 Å². The minimum atomic E-state index is -3.44. The number of carbonyl (C=O) groups excluding carboxylic acids is 1. The van der Waals surface area contributed by atoms with E-state index in [2.05, 4.69) is 5.32 Å². The maximum atomic E-state index is 12.1. The van der Waals surface area contributed by atoms with Crippen LogP contribution in [-0.4, -0.2) is 40.5 Å². The second-order valence-electron chi connectivity index (χ2n) is 5.23. The number of nitrogens with zero attached hydrogens (tertiary/aromatic N) is 1. The summed E-state index contributed by atoms with van der Waals surface area (Å²) in [6.07, 6.45) is 0.615. The minimum absolute atomic E-state index is 0.155. The van der Waals surface area contributed by atoms with Gasteiger partial charge in [0.05, 0.1) is 25.1 Å². The summed E-state index contributed by atoms with van der Waals surface area (Å²) >= 11 is 0. The Morgan fingerprint density at radius 3 is 2.23 bits per heavy atom. The van der Waals surface area contributed by atoms with Gasteiger partial charge >= 0.3 is 6.09 Å². The van der Waals surface area contributed by atoms with Gasteiger partial charge in [-0.3, -0.25) is 4.31 Å². The van der Waals surface area contributed by atoms with Gasteiger partial charge in [-0.05, 0) is 38.8 Å². The van der Waals surface area contributed by atoms with Crippen LogP contribution in [0.1, 0.15) is 23.6 Å². The van der Waals surface area contributed by atoms with E-state index in [1.165, 1.54) is 4.31 Å². The molecule has 0 saturated heterocycles. The fourth-order valence-electron chi connectivity index (χ4n) is 2.45. The number of anilines is 1. The number of sulfonamides is 1. The smallest absolute Gasteiger partial charge is 0.407 e. The lowest BCUT2D eigenvalue weighted by atomic mass is 10.1. The van der Waals surface area contributed by atoms with Crippen LogP contribution in [0.5, 0.6) is 0 Å². The quantitative estimate of drug-likeness (QED) is 0.868. The van der Waals surface area contributed by atoms with E-state index in [9.17, 15) is 13.2 Å². The zero-order valence-corrected chi connectivity index (χ0v) is 14.6. The number of carbonyl (C=O) groups is 1. The van der Waals surface area contributed by atoms with Crippen LogP contribution in [-0.2, 0) is 14.8 Å². The molecule has 0 atom stereocenters. The van der Waals surface area contributed by atoms with Crippen molar-refractivity contribution in [3.8, 4) is 0 Å². The first kappa shape index (κ1) is 18.3. The first-order valence-electron chi connectivity index (χ1n) is 7.13. The van der Waals surface area contributed by atoms with Gasteiger partial charge in [-0.25, -0.2) is 13.2 Å². The molecule has 7 heteroatoms. The molecule has 1 amide bonds. The van der Waals surface area contributed by atoms with Crippen LogP contribution in [0.2, 0.25) is 0 Å². The molecule has 0 heterocycles. The summed E-state index contributed by atoms with van der Waals surface area (Å²) < 4.78 is 30.3. The van der Waals surface area contributed by atoms with Gasteiger partial charge in [0.15, 0.2) is 0 Å². The predicted molar refractivity (Wildman–Crippen MR) is 87.9 cm³/mol. The highest BCUT2D eigenvalue weighted by Gasteiger charge is 2.21. The van der Waals surface area contributed by atoms with Gasteiger partial charge < -0.3 is 10.1 Å². The predicted octanol–water partition coefficient (Wildman–Crippen LogP) is 2.12. The summed E-state index contributed by atoms with van der Waals surface area (Å²) in [5.74, 6) is 0. The van der Waals surface area contributed by atoms with E-state index in [-0.39, 0.29) is 19.7 Å². The Hall–Kier alpha value is -1.76. The van der Waals surface area contributed by atoms with Crippen molar-refractivity contribution < 1.29 is 17.9 Å². The van der Waals surface area contributed by atoms with Crippen molar-refractivity contribution in [1.82, 2.24) is 5.32 Å². The van der Waals surface area contributed by atoms with E-state index in [0.717, 1.165) is 22.9 Å². The van der Waals surface area contributed by atoms with Gasteiger partial charge in [-0.15, -0.1) is 0 Å². The SMILES string of the molecule is CCOC(=O)NCCN(c1c(C)cc(C)cc1C)S(C)(=O)=O. The normalized spacial score (nSPS) is 11.1. The Morgan fingerprint density at radius 2 is 1.77 bits per heavy atom. The zero-order chi connectivity index (χ0) is 16.9. The lowest BCUT2D eigenvalue weighted by Gasteiger charge is -2.26. The molecule has 1 rings (SSSR count). The molecule has 0 fully saturated rings. The lowest BCUT2D eigenvalue weighted by Crippen LogP contribution is -2.39. The highest BCUT2D eigenvalue weighted by molar-refractivity contribution is 7.92. The standard InChI is InChI=1S/C15H24N2O4S/c1-6-21-15(18)16-7-8-17(22(5,19)20)14-12(3)9-11(2)10-13(14)4/h9-10H,6-8H2,1-5H3,(H,16,18). The van der Waals surface area contributed by atoms with Crippen LogP contribution in [0, 0.1) is 20.8 Å². The number of benzene rings is 1. The molecule has 0 aromatic heterocycles. The first-order chi connectivity index (χ1) is 10.2. The summed E-state index contributed by atoms with van der Waals surface area (Å²) in [5.41, 5.74) is 3.52. The van der Waals surface area contributed by atoms with Crippen molar-refractivity contribution in [3.05, 3.63) is 28.8 Å². The summed E-state index contributed by atoms with van der Waals surface area (Å²) in [5, 5.41) is 2.54. The zero-order valence-electron chi connectivity index (χ0n) is 13.8. The van der Waals surface area contributed by atoms with Crippen LogP contribution in [0.3, 0.4) is 0 Å². The molecule has 0 spiro atoms. The monoisotopic (exact) mass is 328 g/mol. The molecule has 0 aliphatic heterocycles. The number of ether oxygens (including phenoxy) is 1. The highest BCUT2D eigenvalue weighted by atomic mass is 32.2. The molecule has 0 bridgehead atoms. The fourth-order valence-corrected chi connectivity index (χ4v) is 3.49. The maximum absolute atomic E-state index is 12.1. The van der Waals surface area contributed by atoms with Crippen LogP contribution >= 0.6 is 0 Å². The topological polar surface area (TPSA) is 75.7 Å². The molecule has 0 radical (unpaired) electrons. The lowest BCUT2D eigenvalue weighted by molar-refractivity contribution is 0.152. The molecule has 0 saturated carbocycles. The summed E-state index contributed by atoms with van der Waals surface area (Å²) in [6.45, 7) is 8.05. The van der Waals surface area contributed by atoms with Gasteiger partial charge in [0, 0.05) is 6.54 Å². The maximum Gasteiger partial charge on any atom is 0.407 e. The van der Waals surface area contributed by atoms with Crippen molar-refractivity contribution in [2.24, 2.45) is 0 Å². The number of hydrogen-bond acceptors (Lipinski definition) is 4. The van der Waals surface area contributed by atoms with Crippen LogP contribution in [0.15, 0.2) is 12.1 Å². The van der Waals surface area contributed by atoms with E-state index < -0.39 is 16.1 Å². The van der Waals surface area contributed by atoms with Gasteiger partial charge in [-0.1, -0.05) is 17.7 Å². The van der Waals surface area contributed by atoms with E-state index >= 15 is 0 Å². The second kappa shape index (κ2) is 7.49. The Balaban J connectivity index is 2.99. The third kappa shape index (κ3) is 4.91. The van der Waals surface area contributed by atoms with E-state index in [1.807, 2.05) is 32.9 Å². The molecular weight excluding hydrogens is 304 g/mol. The molecular formula is C15H24N2O4S. The molecule has 22 heavy (non-hydrogen) atoms. The molecule has 0 aliphatic carbocycles. The fraction of sp³-hybridized carbons (Fsp3) is 0.533.